The van der Waals surface area contributed by atoms with E-state index in [-0.39, 0.29) is 30.8 Å². The number of rotatable bonds is 4. The van der Waals surface area contributed by atoms with E-state index in [2.05, 4.69) is 5.32 Å². The van der Waals surface area contributed by atoms with Crippen LogP contribution in [-0.2, 0) is 19.0 Å². The second kappa shape index (κ2) is 6.11. The monoisotopic (exact) mass is 293 g/mol. The van der Waals surface area contributed by atoms with E-state index in [0.29, 0.717) is 6.61 Å². The van der Waals surface area contributed by atoms with Gasteiger partial charge in [-0.3, -0.25) is 4.79 Å². The second-order valence-corrected chi connectivity index (χ2v) is 5.30. The number of aliphatic hydroxyl groups excluding tert-OH is 1. The molecular formula is C15H19NO5. The van der Waals surface area contributed by atoms with Crippen LogP contribution in [0.1, 0.15) is 11.7 Å². The summed E-state index contributed by atoms with van der Waals surface area (Å²) in [4.78, 5) is 12.4. The predicted molar refractivity (Wildman–Crippen MR) is 73.6 cm³/mol. The molecule has 0 radical (unpaired) electrons. The van der Waals surface area contributed by atoms with E-state index >= 15 is 0 Å². The molecule has 1 aromatic carbocycles. The Morgan fingerprint density at radius 3 is 2.71 bits per heavy atom. The molecule has 0 unspecified atom stereocenters. The first-order valence-corrected chi connectivity index (χ1v) is 7.00. The van der Waals surface area contributed by atoms with E-state index in [0.717, 1.165) is 5.56 Å². The molecule has 114 valence electrons. The first-order valence-electron chi connectivity index (χ1n) is 7.00. The number of aliphatic hydroxyl groups is 1. The molecule has 2 N–H and O–H groups in total. The third-order valence-electron chi connectivity index (χ3n) is 3.93. The van der Waals surface area contributed by atoms with Gasteiger partial charge < -0.3 is 24.6 Å². The lowest BCUT2D eigenvalue weighted by Gasteiger charge is -2.21. The number of carbonyl (C=O) groups excluding carboxylic acids is 1. The Kier molecular flexibility index (Phi) is 4.21. The fraction of sp³-hybridized carbons (Fsp3) is 0.533. The molecule has 1 amide bonds. The summed E-state index contributed by atoms with van der Waals surface area (Å²) in [6, 6.07) is 9.03. The number of fused-ring (bicyclic) bond motifs is 1. The van der Waals surface area contributed by atoms with Crippen molar-refractivity contribution in [3.05, 3.63) is 35.9 Å². The average molecular weight is 293 g/mol. The SMILES string of the molecule is CO[C@@H](C(=O)N[C@@H]1CO[C@H]2[C@@H]1OC[C@H]2O)c1ccccc1. The molecule has 5 atom stereocenters. The molecule has 2 saturated heterocycles. The zero-order valence-electron chi connectivity index (χ0n) is 11.8. The van der Waals surface area contributed by atoms with Gasteiger partial charge in [0.1, 0.15) is 18.3 Å². The number of benzene rings is 1. The molecule has 2 heterocycles. The molecule has 2 aliphatic heterocycles. The molecule has 6 nitrogen and oxygen atoms in total. The largest absolute Gasteiger partial charge is 0.388 e. The summed E-state index contributed by atoms with van der Waals surface area (Å²) >= 11 is 0. The number of nitrogens with one attached hydrogen (secondary N) is 1. The van der Waals surface area contributed by atoms with Crippen molar-refractivity contribution in [3.63, 3.8) is 0 Å². The first kappa shape index (κ1) is 14.5. The smallest absolute Gasteiger partial charge is 0.254 e. The highest BCUT2D eigenvalue weighted by molar-refractivity contribution is 5.82. The quantitative estimate of drug-likeness (QED) is 0.818. The van der Waals surface area contributed by atoms with Crippen LogP contribution >= 0.6 is 0 Å². The van der Waals surface area contributed by atoms with Crippen molar-refractivity contribution >= 4 is 5.91 Å². The van der Waals surface area contributed by atoms with Crippen LogP contribution in [0.3, 0.4) is 0 Å². The Morgan fingerprint density at radius 1 is 1.29 bits per heavy atom. The maximum Gasteiger partial charge on any atom is 0.254 e. The Morgan fingerprint density at radius 2 is 2.00 bits per heavy atom. The summed E-state index contributed by atoms with van der Waals surface area (Å²) in [6.45, 7) is 0.581. The fourth-order valence-electron chi connectivity index (χ4n) is 2.88. The van der Waals surface area contributed by atoms with Crippen molar-refractivity contribution in [2.45, 2.75) is 30.5 Å². The van der Waals surface area contributed by atoms with Gasteiger partial charge in [0, 0.05) is 7.11 Å². The van der Waals surface area contributed by atoms with Crippen molar-refractivity contribution in [1.29, 1.82) is 0 Å². The van der Waals surface area contributed by atoms with Gasteiger partial charge >= 0.3 is 0 Å². The Hall–Kier alpha value is -1.47. The topological polar surface area (TPSA) is 77.0 Å². The zero-order chi connectivity index (χ0) is 14.8. The number of amides is 1. The maximum atomic E-state index is 12.4. The number of ether oxygens (including phenoxy) is 3. The minimum Gasteiger partial charge on any atom is -0.388 e. The molecule has 1 aromatic rings. The van der Waals surface area contributed by atoms with Gasteiger partial charge in [0.05, 0.1) is 19.3 Å². The van der Waals surface area contributed by atoms with Gasteiger partial charge in [0.25, 0.3) is 5.91 Å². The summed E-state index contributed by atoms with van der Waals surface area (Å²) in [5.74, 6) is -0.233. The number of carbonyl (C=O) groups is 1. The van der Waals surface area contributed by atoms with Crippen molar-refractivity contribution < 1.29 is 24.1 Å². The summed E-state index contributed by atoms with van der Waals surface area (Å²) in [6.07, 6.45) is -1.94. The van der Waals surface area contributed by atoms with Crippen LogP contribution in [-0.4, -0.2) is 55.7 Å². The maximum absolute atomic E-state index is 12.4. The highest BCUT2D eigenvalue weighted by Gasteiger charge is 2.47. The molecule has 6 heteroatoms. The third kappa shape index (κ3) is 2.80. The van der Waals surface area contributed by atoms with Gasteiger partial charge in [0.15, 0.2) is 6.10 Å². The normalized spacial score (nSPS) is 32.7. The molecule has 2 fully saturated rings. The van der Waals surface area contributed by atoms with Gasteiger partial charge in [-0.25, -0.2) is 0 Å². The van der Waals surface area contributed by atoms with E-state index in [1.165, 1.54) is 7.11 Å². The zero-order valence-corrected chi connectivity index (χ0v) is 11.8. The van der Waals surface area contributed by atoms with Gasteiger partial charge in [-0.2, -0.15) is 0 Å². The van der Waals surface area contributed by atoms with Crippen LogP contribution < -0.4 is 5.32 Å². The van der Waals surface area contributed by atoms with Gasteiger partial charge in [-0.05, 0) is 5.56 Å². The van der Waals surface area contributed by atoms with E-state index in [9.17, 15) is 9.90 Å². The van der Waals surface area contributed by atoms with Crippen LogP contribution in [0.5, 0.6) is 0 Å². The minimum absolute atomic E-state index is 0.233. The highest BCUT2D eigenvalue weighted by atomic mass is 16.6. The lowest BCUT2D eigenvalue weighted by atomic mass is 10.1. The van der Waals surface area contributed by atoms with Crippen LogP contribution in [0.4, 0.5) is 0 Å². The summed E-state index contributed by atoms with van der Waals surface area (Å²) in [5.41, 5.74) is 0.792. The molecule has 0 saturated carbocycles. The van der Waals surface area contributed by atoms with Gasteiger partial charge in [-0.15, -0.1) is 0 Å². The molecule has 3 rings (SSSR count). The summed E-state index contributed by atoms with van der Waals surface area (Å²) in [5, 5.41) is 12.6. The van der Waals surface area contributed by atoms with Crippen LogP contribution in [0.2, 0.25) is 0 Å². The number of hydrogen-bond acceptors (Lipinski definition) is 5. The molecule has 0 aromatic heterocycles. The van der Waals surface area contributed by atoms with Crippen molar-refractivity contribution in [1.82, 2.24) is 5.32 Å². The first-order chi connectivity index (χ1) is 10.2. The highest BCUT2D eigenvalue weighted by Crippen LogP contribution is 2.27. The van der Waals surface area contributed by atoms with Crippen molar-refractivity contribution in [2.75, 3.05) is 20.3 Å². The Balaban J connectivity index is 1.66. The molecule has 21 heavy (non-hydrogen) atoms. The van der Waals surface area contributed by atoms with E-state index in [4.69, 9.17) is 14.2 Å². The van der Waals surface area contributed by atoms with Crippen LogP contribution in [0.25, 0.3) is 0 Å². The van der Waals surface area contributed by atoms with Crippen LogP contribution in [0, 0.1) is 0 Å². The Labute approximate surface area is 123 Å². The van der Waals surface area contributed by atoms with Gasteiger partial charge in [-0.1, -0.05) is 30.3 Å². The van der Waals surface area contributed by atoms with E-state index in [1.54, 1.807) is 0 Å². The lowest BCUT2D eigenvalue weighted by molar-refractivity contribution is -0.132. The van der Waals surface area contributed by atoms with Crippen LogP contribution in [0.15, 0.2) is 30.3 Å². The molecular weight excluding hydrogens is 274 g/mol. The fourth-order valence-corrected chi connectivity index (χ4v) is 2.88. The predicted octanol–water partition coefficient (Wildman–Crippen LogP) is 0.0174. The van der Waals surface area contributed by atoms with E-state index < -0.39 is 12.2 Å². The number of hydrogen-bond donors (Lipinski definition) is 2. The van der Waals surface area contributed by atoms with Gasteiger partial charge in [0.2, 0.25) is 0 Å². The standard InChI is InChI=1S/C15H19NO5/c1-19-12(9-5-3-2-4-6-9)15(18)16-10-7-20-14-11(17)8-21-13(10)14/h2-6,10-14,17H,7-8H2,1H3,(H,16,18)/t10-,11-,12-,13-,14-/m1/s1. The van der Waals surface area contributed by atoms with Crippen molar-refractivity contribution in [3.8, 4) is 0 Å². The summed E-state index contributed by atoms with van der Waals surface area (Å²) < 4.78 is 16.3. The lowest BCUT2D eigenvalue weighted by Crippen LogP contribution is -2.46. The second-order valence-electron chi connectivity index (χ2n) is 5.30. The van der Waals surface area contributed by atoms with Crippen molar-refractivity contribution in [2.24, 2.45) is 0 Å². The third-order valence-corrected chi connectivity index (χ3v) is 3.93. The summed E-state index contributed by atoms with van der Waals surface area (Å²) in [7, 11) is 1.50. The molecule has 0 spiro atoms. The average Bonchev–Trinajstić information content (AvgIpc) is 3.05. The number of methoxy groups -OCH3 is 1. The molecule has 0 bridgehead atoms. The Bertz CT molecular complexity index is 494. The molecule has 0 aliphatic carbocycles. The van der Waals surface area contributed by atoms with E-state index in [1.807, 2.05) is 30.3 Å². The molecule has 2 aliphatic rings. The minimum atomic E-state index is -0.670.